The van der Waals surface area contributed by atoms with Gasteiger partial charge in [0, 0.05) is 30.2 Å². The van der Waals surface area contributed by atoms with Gasteiger partial charge in [0.1, 0.15) is 0 Å². The topological polar surface area (TPSA) is 74.2 Å². The molecule has 0 saturated heterocycles. The van der Waals surface area contributed by atoms with Crippen LogP contribution in [0.25, 0.3) is 0 Å². The molecule has 3 N–H and O–H groups in total. The van der Waals surface area contributed by atoms with Crippen LogP contribution in [0, 0.1) is 0 Å². The number of hydrogen-bond donors (Lipinski definition) is 3. The smallest absolute Gasteiger partial charge is 0.319 e. The van der Waals surface area contributed by atoms with Crippen molar-refractivity contribution in [2.75, 3.05) is 11.9 Å². The van der Waals surface area contributed by atoms with Crippen molar-refractivity contribution < 1.29 is 9.90 Å². The van der Waals surface area contributed by atoms with Gasteiger partial charge < -0.3 is 15.7 Å². The van der Waals surface area contributed by atoms with Crippen molar-refractivity contribution in [3.63, 3.8) is 0 Å². The minimum Gasteiger partial charge on any atom is -0.396 e. The van der Waals surface area contributed by atoms with Gasteiger partial charge in [-0.1, -0.05) is 6.92 Å². The molecule has 1 heterocycles. The van der Waals surface area contributed by atoms with Crippen LogP contribution in [0.1, 0.15) is 26.7 Å². The van der Waals surface area contributed by atoms with Gasteiger partial charge in [-0.3, -0.25) is 4.98 Å². The van der Waals surface area contributed by atoms with Crippen LogP contribution in [0.15, 0.2) is 24.5 Å². The van der Waals surface area contributed by atoms with Gasteiger partial charge in [-0.25, -0.2) is 4.79 Å². The average molecular weight is 237 g/mol. The molecule has 0 spiro atoms. The predicted molar refractivity (Wildman–Crippen MR) is 66.8 cm³/mol. The maximum absolute atomic E-state index is 11.7. The number of hydrogen-bond acceptors (Lipinski definition) is 3. The van der Waals surface area contributed by atoms with E-state index in [1.807, 2.05) is 13.8 Å². The van der Waals surface area contributed by atoms with Crippen molar-refractivity contribution in [3.8, 4) is 0 Å². The van der Waals surface area contributed by atoms with E-state index in [1.165, 1.54) is 0 Å². The van der Waals surface area contributed by atoms with Crippen LogP contribution in [-0.2, 0) is 0 Å². The van der Waals surface area contributed by atoms with E-state index >= 15 is 0 Å². The summed E-state index contributed by atoms with van der Waals surface area (Å²) in [7, 11) is 0. The third-order valence-electron chi connectivity index (χ3n) is 2.80. The highest BCUT2D eigenvalue weighted by Crippen LogP contribution is 2.14. The highest BCUT2D eigenvalue weighted by molar-refractivity contribution is 5.89. The lowest BCUT2D eigenvalue weighted by molar-refractivity contribution is 0.208. The molecule has 0 aliphatic rings. The van der Waals surface area contributed by atoms with Crippen molar-refractivity contribution in [3.05, 3.63) is 24.5 Å². The molecular weight excluding hydrogens is 218 g/mol. The van der Waals surface area contributed by atoms with Gasteiger partial charge in [-0.05, 0) is 31.9 Å². The van der Waals surface area contributed by atoms with E-state index in [-0.39, 0.29) is 18.2 Å². The van der Waals surface area contributed by atoms with Gasteiger partial charge in [0.05, 0.1) is 0 Å². The molecule has 0 radical (unpaired) electrons. The van der Waals surface area contributed by atoms with Crippen LogP contribution >= 0.6 is 0 Å². The summed E-state index contributed by atoms with van der Waals surface area (Å²) in [5, 5.41) is 14.5. The Morgan fingerprint density at radius 1 is 1.47 bits per heavy atom. The molecule has 1 aromatic heterocycles. The van der Waals surface area contributed by atoms with Gasteiger partial charge in [-0.15, -0.1) is 0 Å². The first kappa shape index (κ1) is 13.4. The van der Waals surface area contributed by atoms with Crippen molar-refractivity contribution in [1.29, 1.82) is 0 Å². The summed E-state index contributed by atoms with van der Waals surface area (Å²) >= 11 is 0. The van der Waals surface area contributed by atoms with E-state index in [9.17, 15) is 4.79 Å². The van der Waals surface area contributed by atoms with E-state index in [1.54, 1.807) is 24.5 Å². The lowest BCUT2D eigenvalue weighted by Gasteiger charge is -2.28. The molecule has 1 unspecified atom stereocenters. The summed E-state index contributed by atoms with van der Waals surface area (Å²) in [6, 6.07) is 3.16. The van der Waals surface area contributed by atoms with Crippen LogP contribution in [0.3, 0.4) is 0 Å². The molecule has 5 nitrogen and oxygen atoms in total. The van der Waals surface area contributed by atoms with E-state index in [0.717, 1.165) is 6.42 Å². The number of aliphatic hydroxyl groups is 1. The number of urea groups is 1. The molecule has 1 rings (SSSR count). The Morgan fingerprint density at radius 2 is 2.12 bits per heavy atom. The summed E-state index contributed by atoms with van der Waals surface area (Å²) in [4.78, 5) is 15.6. The maximum atomic E-state index is 11.7. The average Bonchev–Trinajstić information content (AvgIpc) is 2.30. The van der Waals surface area contributed by atoms with E-state index in [4.69, 9.17) is 5.11 Å². The van der Waals surface area contributed by atoms with Crippen LogP contribution in [0.2, 0.25) is 0 Å². The minimum atomic E-state index is -0.383. The Hall–Kier alpha value is -1.62. The predicted octanol–water partition coefficient (Wildman–Crippen LogP) is 1.75. The third-order valence-corrected chi connectivity index (χ3v) is 2.80. The summed E-state index contributed by atoms with van der Waals surface area (Å²) in [6.07, 6.45) is 4.52. The summed E-state index contributed by atoms with van der Waals surface area (Å²) in [5.41, 5.74) is 0.311. The Balaban J connectivity index is 2.54. The number of carbonyl (C=O) groups excluding carboxylic acids is 1. The quantitative estimate of drug-likeness (QED) is 0.730. The Morgan fingerprint density at radius 3 is 2.65 bits per heavy atom. The third kappa shape index (κ3) is 4.40. The fraction of sp³-hybridized carbons (Fsp3) is 0.500. The van der Waals surface area contributed by atoms with Crippen molar-refractivity contribution >= 4 is 11.7 Å². The molecule has 0 aliphatic heterocycles. The highest BCUT2D eigenvalue weighted by atomic mass is 16.3. The molecule has 0 fully saturated rings. The fourth-order valence-corrected chi connectivity index (χ4v) is 1.45. The first-order valence-corrected chi connectivity index (χ1v) is 5.69. The number of carbonyl (C=O) groups is 1. The highest BCUT2D eigenvalue weighted by Gasteiger charge is 2.23. The fourth-order valence-electron chi connectivity index (χ4n) is 1.45. The molecular formula is C12H19N3O2. The number of amides is 2. The monoisotopic (exact) mass is 237 g/mol. The Kier molecular flexibility index (Phi) is 4.90. The Labute approximate surface area is 101 Å². The lowest BCUT2D eigenvalue weighted by Crippen LogP contribution is -2.48. The largest absolute Gasteiger partial charge is 0.396 e. The van der Waals surface area contributed by atoms with E-state index in [0.29, 0.717) is 12.1 Å². The van der Waals surface area contributed by atoms with Crippen molar-refractivity contribution in [2.45, 2.75) is 32.2 Å². The number of anilines is 1. The standard InChI is InChI=1S/C12H19N3O2/c1-3-12(2,6-9-16)15-11(17)14-10-4-7-13-8-5-10/h4-5,7-8,16H,3,6,9H2,1-2H3,(H2,13,14,15,17). The van der Waals surface area contributed by atoms with E-state index in [2.05, 4.69) is 15.6 Å². The Bertz CT molecular complexity index is 356. The first-order chi connectivity index (χ1) is 8.09. The van der Waals surface area contributed by atoms with Crippen LogP contribution in [-0.4, -0.2) is 28.3 Å². The number of rotatable bonds is 5. The van der Waals surface area contributed by atoms with Crippen LogP contribution in [0.5, 0.6) is 0 Å². The second kappa shape index (κ2) is 6.20. The second-order valence-electron chi connectivity index (χ2n) is 4.20. The molecule has 0 bridgehead atoms. The van der Waals surface area contributed by atoms with Crippen LogP contribution < -0.4 is 10.6 Å². The summed E-state index contributed by atoms with van der Waals surface area (Å²) in [5.74, 6) is 0. The van der Waals surface area contributed by atoms with Gasteiger partial charge in [-0.2, -0.15) is 0 Å². The number of nitrogens with one attached hydrogen (secondary N) is 2. The zero-order valence-electron chi connectivity index (χ0n) is 10.2. The molecule has 94 valence electrons. The van der Waals surface area contributed by atoms with E-state index < -0.39 is 0 Å². The van der Waals surface area contributed by atoms with Crippen molar-refractivity contribution in [1.82, 2.24) is 10.3 Å². The summed E-state index contributed by atoms with van der Waals surface area (Å²) < 4.78 is 0. The lowest BCUT2D eigenvalue weighted by atomic mass is 9.95. The van der Waals surface area contributed by atoms with Crippen LogP contribution in [0.4, 0.5) is 10.5 Å². The van der Waals surface area contributed by atoms with Crippen molar-refractivity contribution in [2.24, 2.45) is 0 Å². The second-order valence-corrected chi connectivity index (χ2v) is 4.20. The number of aliphatic hydroxyl groups excluding tert-OH is 1. The molecule has 0 saturated carbocycles. The molecule has 0 aliphatic carbocycles. The first-order valence-electron chi connectivity index (χ1n) is 5.69. The molecule has 1 aromatic rings. The molecule has 17 heavy (non-hydrogen) atoms. The number of nitrogens with zero attached hydrogens (tertiary/aromatic N) is 1. The van der Waals surface area contributed by atoms with Gasteiger partial charge in [0.25, 0.3) is 0 Å². The SMILES string of the molecule is CCC(C)(CCO)NC(=O)Nc1ccncc1. The van der Waals surface area contributed by atoms with Gasteiger partial charge in [0.15, 0.2) is 0 Å². The summed E-state index contributed by atoms with van der Waals surface area (Å²) in [6.45, 7) is 3.94. The molecule has 1 atom stereocenters. The number of aromatic nitrogens is 1. The molecule has 5 heteroatoms. The normalized spacial score (nSPS) is 13.8. The zero-order valence-corrected chi connectivity index (χ0v) is 10.2. The maximum Gasteiger partial charge on any atom is 0.319 e. The zero-order chi connectivity index (χ0) is 12.7. The van der Waals surface area contributed by atoms with Gasteiger partial charge in [0.2, 0.25) is 0 Å². The minimum absolute atomic E-state index is 0.0554. The molecule has 2 amide bonds. The molecule has 0 aromatic carbocycles. The number of pyridine rings is 1. The van der Waals surface area contributed by atoms with Gasteiger partial charge >= 0.3 is 6.03 Å².